The van der Waals surface area contributed by atoms with Crippen molar-refractivity contribution in [2.24, 2.45) is 0 Å². The molecule has 0 atom stereocenters. The first kappa shape index (κ1) is 20.0. The van der Waals surface area contributed by atoms with Crippen LogP contribution >= 0.6 is 0 Å². The SMILES string of the molecule is CCOc1ccccc1C(=O)NCC(=O)N(C)Cc1ccc(C(=O)O)cc1. The van der Waals surface area contributed by atoms with Crippen LogP contribution in [-0.2, 0) is 11.3 Å². The number of hydrogen-bond donors (Lipinski definition) is 2. The molecule has 0 saturated heterocycles. The van der Waals surface area contributed by atoms with E-state index < -0.39 is 5.97 Å². The lowest BCUT2D eigenvalue weighted by Crippen LogP contribution is -2.37. The molecule has 0 unspecified atom stereocenters. The van der Waals surface area contributed by atoms with Crippen molar-refractivity contribution in [3.8, 4) is 5.75 Å². The van der Waals surface area contributed by atoms with Gasteiger partial charge in [0, 0.05) is 13.6 Å². The number of benzene rings is 2. The smallest absolute Gasteiger partial charge is 0.335 e. The van der Waals surface area contributed by atoms with Gasteiger partial charge in [-0.05, 0) is 36.8 Å². The van der Waals surface area contributed by atoms with E-state index in [1.54, 1.807) is 43.4 Å². The fraction of sp³-hybridized carbons (Fsp3) is 0.250. The number of aromatic carboxylic acids is 1. The first-order chi connectivity index (χ1) is 12.9. The molecule has 0 spiro atoms. The quantitative estimate of drug-likeness (QED) is 0.742. The summed E-state index contributed by atoms with van der Waals surface area (Å²) in [7, 11) is 1.62. The maximum atomic E-state index is 12.3. The first-order valence-corrected chi connectivity index (χ1v) is 8.48. The number of carboxylic acid groups (broad SMARTS) is 1. The van der Waals surface area contributed by atoms with Gasteiger partial charge in [-0.1, -0.05) is 24.3 Å². The highest BCUT2D eigenvalue weighted by molar-refractivity contribution is 5.98. The number of amides is 2. The molecule has 142 valence electrons. The second kappa shape index (κ2) is 9.38. The number of nitrogens with one attached hydrogen (secondary N) is 1. The van der Waals surface area contributed by atoms with Gasteiger partial charge in [-0.15, -0.1) is 0 Å². The molecule has 0 bridgehead atoms. The number of carbonyl (C=O) groups excluding carboxylic acids is 2. The molecule has 0 aliphatic rings. The van der Waals surface area contributed by atoms with E-state index in [1.807, 2.05) is 6.92 Å². The lowest BCUT2D eigenvalue weighted by molar-refractivity contribution is -0.129. The molecular weight excluding hydrogens is 348 g/mol. The Labute approximate surface area is 157 Å². The average Bonchev–Trinajstić information content (AvgIpc) is 2.67. The summed E-state index contributed by atoms with van der Waals surface area (Å²) >= 11 is 0. The molecule has 2 amide bonds. The Kier molecular flexibility index (Phi) is 6.93. The number of carbonyl (C=O) groups is 3. The van der Waals surface area contributed by atoms with Gasteiger partial charge in [0.25, 0.3) is 5.91 Å². The van der Waals surface area contributed by atoms with Crippen molar-refractivity contribution in [3.63, 3.8) is 0 Å². The highest BCUT2D eigenvalue weighted by atomic mass is 16.5. The summed E-state index contributed by atoms with van der Waals surface area (Å²) in [5, 5.41) is 11.5. The number of nitrogens with zero attached hydrogens (tertiary/aromatic N) is 1. The Morgan fingerprint density at radius 3 is 2.37 bits per heavy atom. The van der Waals surface area contributed by atoms with Gasteiger partial charge in [0.2, 0.25) is 5.91 Å². The summed E-state index contributed by atoms with van der Waals surface area (Å²) in [6.07, 6.45) is 0. The van der Waals surface area contributed by atoms with Crippen LogP contribution in [0.5, 0.6) is 5.75 Å². The normalized spacial score (nSPS) is 10.1. The van der Waals surface area contributed by atoms with E-state index in [9.17, 15) is 14.4 Å². The van der Waals surface area contributed by atoms with E-state index in [2.05, 4.69) is 5.32 Å². The van der Waals surface area contributed by atoms with Crippen LogP contribution in [0.3, 0.4) is 0 Å². The van der Waals surface area contributed by atoms with E-state index in [-0.39, 0.29) is 23.9 Å². The third-order valence-corrected chi connectivity index (χ3v) is 3.88. The maximum Gasteiger partial charge on any atom is 0.335 e. The predicted molar refractivity (Wildman–Crippen MR) is 99.8 cm³/mol. The summed E-state index contributed by atoms with van der Waals surface area (Å²) in [5.41, 5.74) is 1.36. The third kappa shape index (κ3) is 5.57. The molecule has 2 aromatic carbocycles. The van der Waals surface area contributed by atoms with Gasteiger partial charge in [0.1, 0.15) is 5.75 Å². The molecule has 7 heteroatoms. The van der Waals surface area contributed by atoms with Crippen LogP contribution in [0, 0.1) is 0 Å². The van der Waals surface area contributed by atoms with Gasteiger partial charge >= 0.3 is 5.97 Å². The van der Waals surface area contributed by atoms with Crippen LogP contribution in [0.2, 0.25) is 0 Å². The van der Waals surface area contributed by atoms with Crippen LogP contribution in [0.15, 0.2) is 48.5 Å². The summed E-state index contributed by atoms with van der Waals surface area (Å²) in [6, 6.07) is 13.1. The lowest BCUT2D eigenvalue weighted by atomic mass is 10.1. The largest absolute Gasteiger partial charge is 0.493 e. The fourth-order valence-corrected chi connectivity index (χ4v) is 2.44. The van der Waals surface area contributed by atoms with Crippen molar-refractivity contribution in [2.75, 3.05) is 20.2 Å². The van der Waals surface area contributed by atoms with Gasteiger partial charge in [0.05, 0.1) is 24.3 Å². The zero-order valence-electron chi connectivity index (χ0n) is 15.3. The number of ether oxygens (including phenoxy) is 1. The lowest BCUT2D eigenvalue weighted by Gasteiger charge is -2.18. The molecule has 2 aromatic rings. The minimum absolute atomic E-state index is 0.150. The molecule has 0 fully saturated rings. The van der Waals surface area contributed by atoms with E-state index >= 15 is 0 Å². The van der Waals surface area contributed by atoms with Crippen molar-refractivity contribution in [3.05, 3.63) is 65.2 Å². The fourth-order valence-electron chi connectivity index (χ4n) is 2.44. The summed E-state index contributed by atoms with van der Waals surface area (Å²) < 4.78 is 5.42. The zero-order chi connectivity index (χ0) is 19.8. The molecule has 0 aromatic heterocycles. The second-order valence-electron chi connectivity index (χ2n) is 5.86. The highest BCUT2D eigenvalue weighted by Gasteiger charge is 2.15. The molecule has 2 rings (SSSR count). The number of hydrogen-bond acceptors (Lipinski definition) is 4. The number of rotatable bonds is 8. The van der Waals surface area contributed by atoms with Crippen LogP contribution < -0.4 is 10.1 Å². The van der Waals surface area contributed by atoms with Crippen LogP contribution in [0.4, 0.5) is 0 Å². The van der Waals surface area contributed by atoms with Crippen molar-refractivity contribution in [1.29, 1.82) is 0 Å². The average molecular weight is 370 g/mol. The van der Waals surface area contributed by atoms with Crippen molar-refractivity contribution < 1.29 is 24.2 Å². The van der Waals surface area contributed by atoms with Crippen LogP contribution in [-0.4, -0.2) is 48.0 Å². The molecule has 7 nitrogen and oxygen atoms in total. The van der Waals surface area contributed by atoms with Gasteiger partial charge in [-0.3, -0.25) is 9.59 Å². The Morgan fingerprint density at radius 1 is 1.07 bits per heavy atom. The number of para-hydroxylation sites is 1. The van der Waals surface area contributed by atoms with Gasteiger partial charge < -0.3 is 20.1 Å². The Morgan fingerprint density at radius 2 is 1.74 bits per heavy atom. The predicted octanol–water partition coefficient (Wildman–Crippen LogP) is 2.17. The molecule has 0 aliphatic heterocycles. The second-order valence-corrected chi connectivity index (χ2v) is 5.86. The zero-order valence-corrected chi connectivity index (χ0v) is 15.3. The molecule has 0 aliphatic carbocycles. The maximum absolute atomic E-state index is 12.3. The Hall–Kier alpha value is -3.35. The topological polar surface area (TPSA) is 95.9 Å². The van der Waals surface area contributed by atoms with Crippen LogP contribution in [0.25, 0.3) is 0 Å². The van der Waals surface area contributed by atoms with Gasteiger partial charge in [0.15, 0.2) is 0 Å². The van der Waals surface area contributed by atoms with E-state index in [0.717, 1.165) is 5.56 Å². The van der Waals surface area contributed by atoms with E-state index in [0.29, 0.717) is 24.5 Å². The van der Waals surface area contributed by atoms with Gasteiger partial charge in [-0.2, -0.15) is 0 Å². The molecular formula is C20H22N2O5. The molecule has 0 heterocycles. The molecule has 2 N–H and O–H groups in total. The van der Waals surface area contributed by atoms with E-state index in [4.69, 9.17) is 9.84 Å². The van der Waals surface area contributed by atoms with Crippen molar-refractivity contribution in [2.45, 2.75) is 13.5 Å². The number of carboxylic acids is 1. The first-order valence-electron chi connectivity index (χ1n) is 8.48. The summed E-state index contributed by atoms with van der Waals surface area (Å²) in [4.78, 5) is 36.9. The van der Waals surface area contributed by atoms with Crippen molar-refractivity contribution >= 4 is 17.8 Å². The summed E-state index contributed by atoms with van der Waals surface area (Å²) in [5.74, 6) is -1.18. The summed E-state index contributed by atoms with van der Waals surface area (Å²) in [6.45, 7) is 2.43. The van der Waals surface area contributed by atoms with E-state index in [1.165, 1.54) is 17.0 Å². The van der Waals surface area contributed by atoms with Crippen LogP contribution in [0.1, 0.15) is 33.2 Å². The molecule has 0 radical (unpaired) electrons. The third-order valence-electron chi connectivity index (χ3n) is 3.88. The molecule has 27 heavy (non-hydrogen) atoms. The van der Waals surface area contributed by atoms with Gasteiger partial charge in [-0.25, -0.2) is 4.79 Å². The molecule has 0 saturated carbocycles. The van der Waals surface area contributed by atoms with Crippen molar-refractivity contribution in [1.82, 2.24) is 10.2 Å². The minimum Gasteiger partial charge on any atom is -0.493 e. The Bertz CT molecular complexity index is 817. The monoisotopic (exact) mass is 370 g/mol. The Balaban J connectivity index is 1.91. The standard InChI is InChI=1S/C20H22N2O5/c1-3-27-17-7-5-4-6-16(17)19(24)21-12-18(23)22(2)13-14-8-10-15(11-9-14)20(25)26/h4-11H,3,12-13H2,1-2H3,(H,21,24)(H,25,26). The minimum atomic E-state index is -0.999. The number of likely N-dealkylation sites (N-methyl/N-ethyl adjacent to an activating group) is 1. The highest BCUT2D eigenvalue weighted by Crippen LogP contribution is 2.17.